The van der Waals surface area contributed by atoms with Gasteiger partial charge in [-0.3, -0.25) is 4.79 Å². The molecule has 128 valence electrons. The molecule has 4 heteroatoms. The second-order valence-electron chi connectivity index (χ2n) is 5.80. The van der Waals surface area contributed by atoms with Crippen molar-refractivity contribution in [3.05, 3.63) is 71.8 Å². The van der Waals surface area contributed by atoms with Gasteiger partial charge in [0.15, 0.2) is 0 Å². The second-order valence-corrected chi connectivity index (χ2v) is 6.93. The summed E-state index contributed by atoms with van der Waals surface area (Å²) in [4.78, 5) is 13.6. The lowest BCUT2D eigenvalue weighted by Gasteiger charge is -2.08. The number of aryl methyl sites for hydroxylation is 1. The minimum Gasteiger partial charge on any atom is -0.497 e. The number of carbonyl (C=O) groups is 1. The molecule has 0 radical (unpaired) electrons. The normalized spacial score (nSPS) is 10.6. The molecule has 3 rings (SSSR count). The van der Waals surface area contributed by atoms with Crippen LogP contribution in [0, 0.1) is 6.92 Å². The standard InChI is InChI=1S/C21H21NO2S/c1-15-5-3-4-6-20(15)25-12-11-22-21(23)18-8-7-17-14-19(24-2)10-9-16(17)13-18/h3-10,13-14H,11-12H2,1-2H3,(H,22,23). The molecule has 0 aliphatic rings. The Bertz CT molecular complexity index is 892. The van der Waals surface area contributed by atoms with Crippen LogP contribution in [0.1, 0.15) is 15.9 Å². The Labute approximate surface area is 152 Å². The first-order chi connectivity index (χ1) is 12.2. The van der Waals surface area contributed by atoms with Crippen molar-refractivity contribution >= 4 is 28.4 Å². The van der Waals surface area contributed by atoms with E-state index in [2.05, 4.69) is 24.4 Å². The van der Waals surface area contributed by atoms with E-state index in [4.69, 9.17) is 4.74 Å². The highest BCUT2D eigenvalue weighted by Gasteiger charge is 2.07. The van der Waals surface area contributed by atoms with Gasteiger partial charge in [0.05, 0.1) is 7.11 Å². The van der Waals surface area contributed by atoms with E-state index >= 15 is 0 Å². The number of hydrogen-bond acceptors (Lipinski definition) is 3. The molecule has 0 saturated carbocycles. The van der Waals surface area contributed by atoms with E-state index < -0.39 is 0 Å². The Morgan fingerprint density at radius 1 is 1.04 bits per heavy atom. The third kappa shape index (κ3) is 4.34. The maximum atomic E-state index is 12.3. The van der Waals surface area contributed by atoms with Gasteiger partial charge in [0.25, 0.3) is 5.91 Å². The van der Waals surface area contributed by atoms with Gasteiger partial charge in [0.2, 0.25) is 0 Å². The number of fused-ring (bicyclic) bond motifs is 1. The minimum absolute atomic E-state index is 0.0388. The molecule has 0 fully saturated rings. The van der Waals surface area contributed by atoms with Gasteiger partial charge in [-0.05, 0) is 53.6 Å². The lowest BCUT2D eigenvalue weighted by atomic mass is 10.1. The van der Waals surface area contributed by atoms with E-state index in [-0.39, 0.29) is 5.91 Å². The summed E-state index contributed by atoms with van der Waals surface area (Å²) in [6.45, 7) is 2.74. The van der Waals surface area contributed by atoms with Crippen LogP contribution in [0.2, 0.25) is 0 Å². The summed E-state index contributed by atoms with van der Waals surface area (Å²) < 4.78 is 5.23. The number of rotatable bonds is 6. The van der Waals surface area contributed by atoms with Crippen molar-refractivity contribution in [1.82, 2.24) is 5.32 Å². The van der Waals surface area contributed by atoms with Gasteiger partial charge in [-0.25, -0.2) is 0 Å². The third-order valence-corrected chi connectivity index (χ3v) is 5.23. The molecule has 0 atom stereocenters. The van der Waals surface area contributed by atoms with Gasteiger partial charge in [-0.1, -0.05) is 30.3 Å². The van der Waals surface area contributed by atoms with Gasteiger partial charge in [0, 0.05) is 22.8 Å². The Balaban J connectivity index is 1.58. The van der Waals surface area contributed by atoms with Gasteiger partial charge in [0.1, 0.15) is 5.75 Å². The maximum absolute atomic E-state index is 12.3. The molecule has 0 aromatic heterocycles. The van der Waals surface area contributed by atoms with E-state index in [0.29, 0.717) is 12.1 Å². The molecule has 3 nitrogen and oxygen atoms in total. The van der Waals surface area contributed by atoms with Crippen molar-refractivity contribution in [3.63, 3.8) is 0 Å². The quantitative estimate of drug-likeness (QED) is 0.518. The first kappa shape index (κ1) is 17.4. The fraction of sp³-hybridized carbons (Fsp3) is 0.190. The van der Waals surface area contributed by atoms with Crippen molar-refractivity contribution in [2.75, 3.05) is 19.4 Å². The Morgan fingerprint density at radius 3 is 2.60 bits per heavy atom. The number of thioether (sulfide) groups is 1. The van der Waals surface area contributed by atoms with Crippen molar-refractivity contribution in [2.45, 2.75) is 11.8 Å². The molecule has 1 amide bonds. The van der Waals surface area contributed by atoms with Gasteiger partial charge < -0.3 is 10.1 Å². The predicted octanol–water partition coefficient (Wildman–Crippen LogP) is 4.68. The van der Waals surface area contributed by atoms with E-state index in [1.807, 2.05) is 48.5 Å². The monoisotopic (exact) mass is 351 g/mol. The van der Waals surface area contributed by atoms with Crippen LogP contribution < -0.4 is 10.1 Å². The molecular weight excluding hydrogens is 330 g/mol. The van der Waals surface area contributed by atoms with Crippen LogP contribution in [0.4, 0.5) is 0 Å². The fourth-order valence-electron chi connectivity index (χ4n) is 2.64. The molecule has 3 aromatic rings. The Hall–Kier alpha value is -2.46. The van der Waals surface area contributed by atoms with Crippen LogP contribution in [0.25, 0.3) is 10.8 Å². The highest BCUT2D eigenvalue weighted by atomic mass is 32.2. The van der Waals surface area contributed by atoms with E-state index in [1.165, 1.54) is 10.5 Å². The highest BCUT2D eigenvalue weighted by molar-refractivity contribution is 7.99. The number of methoxy groups -OCH3 is 1. The molecule has 0 aliphatic carbocycles. The van der Waals surface area contributed by atoms with E-state index in [9.17, 15) is 4.79 Å². The van der Waals surface area contributed by atoms with Crippen LogP contribution >= 0.6 is 11.8 Å². The topological polar surface area (TPSA) is 38.3 Å². The van der Waals surface area contributed by atoms with Crippen LogP contribution in [0.15, 0.2) is 65.6 Å². The van der Waals surface area contributed by atoms with Crippen molar-refractivity contribution < 1.29 is 9.53 Å². The SMILES string of the molecule is COc1ccc2cc(C(=O)NCCSc3ccccc3C)ccc2c1. The zero-order valence-corrected chi connectivity index (χ0v) is 15.2. The molecule has 0 spiro atoms. The number of amides is 1. The van der Waals surface area contributed by atoms with Crippen molar-refractivity contribution in [3.8, 4) is 5.75 Å². The molecule has 0 heterocycles. The smallest absolute Gasteiger partial charge is 0.251 e. The van der Waals surface area contributed by atoms with Crippen LogP contribution in [0.3, 0.4) is 0 Å². The van der Waals surface area contributed by atoms with E-state index in [0.717, 1.165) is 22.3 Å². The van der Waals surface area contributed by atoms with Crippen LogP contribution in [-0.4, -0.2) is 25.3 Å². The molecule has 0 unspecified atom stereocenters. The van der Waals surface area contributed by atoms with Crippen LogP contribution in [0.5, 0.6) is 5.75 Å². The average molecular weight is 351 g/mol. The Kier molecular flexibility index (Phi) is 5.61. The van der Waals surface area contributed by atoms with E-state index in [1.54, 1.807) is 18.9 Å². The number of ether oxygens (including phenoxy) is 1. The molecule has 25 heavy (non-hydrogen) atoms. The molecule has 0 saturated heterocycles. The van der Waals surface area contributed by atoms with Crippen molar-refractivity contribution in [2.24, 2.45) is 0 Å². The molecular formula is C21H21NO2S. The summed E-state index contributed by atoms with van der Waals surface area (Å²) >= 11 is 1.76. The summed E-state index contributed by atoms with van der Waals surface area (Å²) in [5.41, 5.74) is 1.95. The fourth-order valence-corrected chi connectivity index (χ4v) is 3.53. The summed E-state index contributed by atoms with van der Waals surface area (Å²) in [6, 6.07) is 19.9. The highest BCUT2D eigenvalue weighted by Crippen LogP contribution is 2.22. The van der Waals surface area contributed by atoms with Gasteiger partial charge in [-0.2, -0.15) is 0 Å². The number of hydrogen-bond donors (Lipinski definition) is 1. The lowest BCUT2D eigenvalue weighted by Crippen LogP contribution is -2.25. The maximum Gasteiger partial charge on any atom is 0.251 e. The number of benzene rings is 3. The van der Waals surface area contributed by atoms with Crippen LogP contribution in [-0.2, 0) is 0 Å². The first-order valence-corrected chi connectivity index (χ1v) is 9.20. The van der Waals surface area contributed by atoms with Crippen molar-refractivity contribution in [1.29, 1.82) is 0 Å². The largest absolute Gasteiger partial charge is 0.497 e. The molecule has 0 bridgehead atoms. The molecule has 1 N–H and O–H groups in total. The summed E-state index contributed by atoms with van der Waals surface area (Å²) in [7, 11) is 1.65. The predicted molar refractivity (Wildman–Crippen MR) is 105 cm³/mol. The molecule has 0 aliphatic heterocycles. The van der Waals surface area contributed by atoms with Gasteiger partial charge in [-0.15, -0.1) is 11.8 Å². The molecule has 3 aromatic carbocycles. The minimum atomic E-state index is -0.0388. The zero-order chi connectivity index (χ0) is 17.6. The summed E-state index contributed by atoms with van der Waals surface area (Å²) in [6.07, 6.45) is 0. The zero-order valence-electron chi connectivity index (χ0n) is 14.4. The summed E-state index contributed by atoms with van der Waals surface area (Å²) in [5, 5.41) is 5.08. The number of carbonyl (C=O) groups excluding carboxylic acids is 1. The third-order valence-electron chi connectivity index (χ3n) is 4.05. The lowest BCUT2D eigenvalue weighted by molar-refractivity contribution is 0.0956. The average Bonchev–Trinajstić information content (AvgIpc) is 2.65. The van der Waals surface area contributed by atoms with Gasteiger partial charge >= 0.3 is 0 Å². The first-order valence-electron chi connectivity index (χ1n) is 8.22. The second kappa shape index (κ2) is 8.08. The summed E-state index contributed by atoms with van der Waals surface area (Å²) in [5.74, 6) is 1.63. The Morgan fingerprint density at radius 2 is 1.80 bits per heavy atom. The number of nitrogens with one attached hydrogen (secondary N) is 1.